The lowest BCUT2D eigenvalue weighted by molar-refractivity contribution is 0.971. The van der Waals surface area contributed by atoms with Gasteiger partial charge in [-0.3, -0.25) is 0 Å². The molecule has 0 amide bonds. The van der Waals surface area contributed by atoms with Gasteiger partial charge in [0.2, 0.25) is 0 Å². The smallest absolute Gasteiger partial charge is 0.174 e. The molecule has 0 fully saturated rings. The highest BCUT2D eigenvalue weighted by Gasteiger charge is 2.06. The van der Waals surface area contributed by atoms with Crippen molar-refractivity contribution in [3.63, 3.8) is 0 Å². The summed E-state index contributed by atoms with van der Waals surface area (Å²) in [5.41, 5.74) is 0.640. The van der Waals surface area contributed by atoms with Crippen molar-refractivity contribution in [1.82, 2.24) is 9.36 Å². The summed E-state index contributed by atoms with van der Waals surface area (Å²) in [6.07, 6.45) is 0.855. The van der Waals surface area contributed by atoms with Gasteiger partial charge < -0.3 is 0 Å². The Balaban J connectivity index is 2.19. The van der Waals surface area contributed by atoms with Gasteiger partial charge in [0.15, 0.2) is 4.34 Å². The van der Waals surface area contributed by atoms with E-state index in [2.05, 4.69) is 31.4 Å². The van der Waals surface area contributed by atoms with E-state index in [9.17, 15) is 0 Å². The number of hydrogen-bond donors (Lipinski definition) is 0. The molecule has 17 heavy (non-hydrogen) atoms. The molecule has 0 aliphatic rings. The van der Waals surface area contributed by atoms with Crippen LogP contribution in [-0.2, 0) is 6.42 Å². The predicted octanol–water partition coefficient (Wildman–Crippen LogP) is 3.89. The molecule has 2 aromatic rings. The van der Waals surface area contributed by atoms with Crippen LogP contribution in [0.4, 0.5) is 0 Å². The fourth-order valence-electron chi connectivity index (χ4n) is 1.17. The zero-order valence-electron chi connectivity index (χ0n) is 8.98. The SMILES string of the molecule is CCc1nsc(Sc2ccc(C#N)c(Br)c2)n1. The molecule has 0 aliphatic carbocycles. The minimum Gasteiger partial charge on any atom is -0.213 e. The van der Waals surface area contributed by atoms with E-state index in [0.717, 1.165) is 26.0 Å². The van der Waals surface area contributed by atoms with Gasteiger partial charge in [-0.05, 0) is 45.7 Å². The van der Waals surface area contributed by atoms with E-state index < -0.39 is 0 Å². The second-order valence-corrected chi connectivity index (χ2v) is 6.11. The molecule has 3 nitrogen and oxygen atoms in total. The van der Waals surface area contributed by atoms with Crippen LogP contribution >= 0.6 is 39.2 Å². The minimum absolute atomic E-state index is 0.640. The second-order valence-electron chi connectivity index (χ2n) is 3.19. The molecule has 1 heterocycles. The highest BCUT2D eigenvalue weighted by molar-refractivity contribution is 9.10. The molecule has 0 saturated heterocycles. The fourth-order valence-corrected chi connectivity index (χ4v) is 3.51. The highest BCUT2D eigenvalue weighted by Crippen LogP contribution is 2.31. The van der Waals surface area contributed by atoms with Crippen molar-refractivity contribution in [2.24, 2.45) is 0 Å². The summed E-state index contributed by atoms with van der Waals surface area (Å²) in [5.74, 6) is 0.880. The van der Waals surface area contributed by atoms with Crippen LogP contribution in [0.2, 0.25) is 0 Å². The van der Waals surface area contributed by atoms with Crippen LogP contribution in [0.25, 0.3) is 0 Å². The average Bonchev–Trinajstić information content (AvgIpc) is 2.77. The van der Waals surface area contributed by atoms with E-state index in [0.29, 0.717) is 5.56 Å². The van der Waals surface area contributed by atoms with Crippen molar-refractivity contribution < 1.29 is 0 Å². The second kappa shape index (κ2) is 5.63. The van der Waals surface area contributed by atoms with Gasteiger partial charge in [0, 0.05) is 15.8 Å². The van der Waals surface area contributed by atoms with Crippen LogP contribution in [0.15, 0.2) is 31.9 Å². The topological polar surface area (TPSA) is 49.6 Å². The average molecular weight is 326 g/mol. The number of rotatable bonds is 3. The summed E-state index contributed by atoms with van der Waals surface area (Å²) in [6, 6.07) is 7.76. The third kappa shape index (κ3) is 3.06. The third-order valence-electron chi connectivity index (χ3n) is 2.03. The van der Waals surface area contributed by atoms with Crippen LogP contribution in [0.1, 0.15) is 18.3 Å². The van der Waals surface area contributed by atoms with Crippen LogP contribution in [0.5, 0.6) is 0 Å². The van der Waals surface area contributed by atoms with Crippen LogP contribution in [0, 0.1) is 11.3 Å². The Kier molecular flexibility index (Phi) is 4.15. The Hall–Kier alpha value is -0.900. The third-order valence-corrected chi connectivity index (χ3v) is 4.47. The monoisotopic (exact) mass is 325 g/mol. The summed E-state index contributed by atoms with van der Waals surface area (Å²) in [6.45, 7) is 2.04. The van der Waals surface area contributed by atoms with E-state index in [-0.39, 0.29) is 0 Å². The molecular formula is C11H8BrN3S2. The Bertz CT molecular complexity index is 574. The van der Waals surface area contributed by atoms with Gasteiger partial charge in [0.05, 0.1) is 5.56 Å². The van der Waals surface area contributed by atoms with Crippen LogP contribution in [-0.4, -0.2) is 9.36 Å². The van der Waals surface area contributed by atoms with Crippen molar-refractivity contribution in [2.75, 3.05) is 0 Å². The van der Waals surface area contributed by atoms with E-state index in [1.165, 1.54) is 11.5 Å². The first kappa shape index (κ1) is 12.6. The predicted molar refractivity (Wildman–Crippen MR) is 72.3 cm³/mol. The van der Waals surface area contributed by atoms with E-state index in [4.69, 9.17) is 5.26 Å². The quantitative estimate of drug-likeness (QED) is 0.859. The van der Waals surface area contributed by atoms with E-state index >= 15 is 0 Å². The van der Waals surface area contributed by atoms with Crippen molar-refractivity contribution in [2.45, 2.75) is 22.6 Å². The Morgan fingerprint density at radius 2 is 2.35 bits per heavy atom. The van der Waals surface area contributed by atoms with Gasteiger partial charge in [-0.25, -0.2) is 4.98 Å². The van der Waals surface area contributed by atoms with Gasteiger partial charge in [0.25, 0.3) is 0 Å². The molecule has 0 atom stereocenters. The number of aryl methyl sites for hydroxylation is 1. The molecule has 0 spiro atoms. The van der Waals surface area contributed by atoms with Crippen LogP contribution < -0.4 is 0 Å². The maximum absolute atomic E-state index is 8.83. The summed E-state index contributed by atoms with van der Waals surface area (Å²) < 4.78 is 5.97. The maximum atomic E-state index is 8.83. The van der Waals surface area contributed by atoms with E-state index in [1.807, 2.05) is 19.1 Å². The largest absolute Gasteiger partial charge is 0.213 e. The number of halogens is 1. The zero-order valence-corrected chi connectivity index (χ0v) is 12.2. The molecule has 1 aromatic heterocycles. The number of benzene rings is 1. The first-order valence-electron chi connectivity index (χ1n) is 4.93. The van der Waals surface area contributed by atoms with Crippen molar-refractivity contribution >= 4 is 39.2 Å². The molecule has 0 radical (unpaired) electrons. The lowest BCUT2D eigenvalue weighted by atomic mass is 10.2. The molecule has 0 N–H and O–H groups in total. The van der Waals surface area contributed by atoms with Gasteiger partial charge in [-0.2, -0.15) is 9.64 Å². The Morgan fingerprint density at radius 1 is 1.53 bits per heavy atom. The summed E-state index contributed by atoms with van der Waals surface area (Å²) in [5, 5.41) is 8.83. The maximum Gasteiger partial charge on any atom is 0.174 e. The number of nitrogens with zero attached hydrogens (tertiary/aromatic N) is 3. The summed E-state index contributed by atoms with van der Waals surface area (Å²) in [4.78, 5) is 5.44. The molecule has 0 bridgehead atoms. The van der Waals surface area contributed by atoms with E-state index in [1.54, 1.807) is 17.8 Å². The summed E-state index contributed by atoms with van der Waals surface area (Å²) >= 11 is 6.34. The number of hydrogen-bond acceptors (Lipinski definition) is 5. The summed E-state index contributed by atoms with van der Waals surface area (Å²) in [7, 11) is 0. The minimum atomic E-state index is 0.640. The Morgan fingerprint density at radius 3 is 2.94 bits per heavy atom. The van der Waals surface area contributed by atoms with Gasteiger partial charge in [-0.15, -0.1) is 0 Å². The first-order valence-corrected chi connectivity index (χ1v) is 7.31. The standard InChI is InChI=1S/C11H8BrN3S2/c1-2-10-14-11(17-15-10)16-8-4-3-7(6-13)9(12)5-8/h3-5H,2H2,1H3. The lowest BCUT2D eigenvalue weighted by Gasteiger charge is -1.99. The molecule has 1 aromatic carbocycles. The lowest BCUT2D eigenvalue weighted by Crippen LogP contribution is -1.82. The van der Waals surface area contributed by atoms with Crippen LogP contribution in [0.3, 0.4) is 0 Å². The molecule has 0 unspecified atom stereocenters. The molecule has 0 aliphatic heterocycles. The first-order chi connectivity index (χ1) is 8.22. The number of nitriles is 1. The Labute approximate surface area is 116 Å². The van der Waals surface area contributed by atoms with Gasteiger partial charge in [-0.1, -0.05) is 18.7 Å². The molecule has 86 valence electrons. The molecule has 2 rings (SSSR count). The van der Waals surface area contributed by atoms with Crippen molar-refractivity contribution in [3.05, 3.63) is 34.1 Å². The van der Waals surface area contributed by atoms with Crippen molar-refractivity contribution in [1.29, 1.82) is 5.26 Å². The zero-order chi connectivity index (χ0) is 12.3. The fraction of sp³-hybridized carbons (Fsp3) is 0.182. The normalized spacial score (nSPS) is 10.2. The molecule has 6 heteroatoms. The van der Waals surface area contributed by atoms with Crippen molar-refractivity contribution in [3.8, 4) is 6.07 Å². The van der Waals surface area contributed by atoms with Gasteiger partial charge >= 0.3 is 0 Å². The highest BCUT2D eigenvalue weighted by atomic mass is 79.9. The molecular weight excluding hydrogens is 318 g/mol. The number of aromatic nitrogens is 2. The van der Waals surface area contributed by atoms with Gasteiger partial charge in [0.1, 0.15) is 11.9 Å². The molecule has 0 saturated carbocycles.